The highest BCUT2D eigenvalue weighted by atomic mass is 17.3. The van der Waals surface area contributed by atoms with Crippen molar-refractivity contribution in [2.24, 2.45) is 0 Å². The predicted molar refractivity (Wildman–Crippen MR) is 91.1 cm³/mol. The molecule has 6 nitrogen and oxygen atoms in total. The third kappa shape index (κ3) is 2.31. The highest BCUT2D eigenvalue weighted by Gasteiger charge is 2.69. The van der Waals surface area contributed by atoms with Crippen molar-refractivity contribution in [2.45, 2.75) is 18.7 Å². The SMILES string of the molecule is CCOC(=O)C1=C(c2ccccc2)C2(c3ccccc3)OOC1(OC)O2. The van der Waals surface area contributed by atoms with E-state index in [1.54, 1.807) is 6.92 Å². The molecule has 26 heavy (non-hydrogen) atoms. The standard InChI is InChI=1S/C20H18O6/c1-3-23-18(21)17-16(14-10-6-4-7-11-14)19(15-12-8-5-9-13-15)24-20(17,22-2)26-25-19/h4-13H,3H2,1-2H3. The Kier molecular flexibility index (Phi) is 4.13. The highest BCUT2D eigenvalue weighted by Crippen LogP contribution is 2.59. The second-order valence-corrected chi connectivity index (χ2v) is 5.85. The summed E-state index contributed by atoms with van der Waals surface area (Å²) >= 11 is 0. The van der Waals surface area contributed by atoms with Crippen LogP contribution in [0.5, 0.6) is 0 Å². The van der Waals surface area contributed by atoms with Gasteiger partial charge in [0.1, 0.15) is 5.57 Å². The lowest BCUT2D eigenvalue weighted by Crippen LogP contribution is -2.37. The van der Waals surface area contributed by atoms with Gasteiger partial charge < -0.3 is 9.47 Å². The first kappa shape index (κ1) is 16.9. The lowest BCUT2D eigenvalue weighted by molar-refractivity contribution is -0.398. The number of rotatable bonds is 5. The molecule has 1 fully saturated rings. The van der Waals surface area contributed by atoms with Crippen molar-refractivity contribution >= 4 is 11.5 Å². The maximum atomic E-state index is 12.8. The van der Waals surface area contributed by atoms with Gasteiger partial charge in [0, 0.05) is 18.2 Å². The van der Waals surface area contributed by atoms with Gasteiger partial charge in [0.25, 0.3) is 5.79 Å². The lowest BCUT2D eigenvalue weighted by Gasteiger charge is -2.27. The summed E-state index contributed by atoms with van der Waals surface area (Å²) < 4.78 is 16.8. The van der Waals surface area contributed by atoms with Gasteiger partial charge in [0.15, 0.2) is 0 Å². The smallest absolute Gasteiger partial charge is 0.350 e. The van der Waals surface area contributed by atoms with E-state index in [2.05, 4.69) is 0 Å². The molecule has 0 amide bonds. The summed E-state index contributed by atoms with van der Waals surface area (Å²) in [7, 11) is 1.39. The number of fused-ring (bicyclic) bond motifs is 2. The first-order valence-electron chi connectivity index (χ1n) is 8.32. The van der Waals surface area contributed by atoms with Gasteiger partial charge in [-0.2, -0.15) is 9.78 Å². The molecule has 2 aliphatic rings. The number of hydrogen-bond acceptors (Lipinski definition) is 6. The summed E-state index contributed by atoms with van der Waals surface area (Å²) in [6.07, 6.45) is 0. The largest absolute Gasteiger partial charge is 0.462 e. The van der Waals surface area contributed by atoms with Gasteiger partial charge in [-0.3, -0.25) is 4.74 Å². The van der Waals surface area contributed by atoms with E-state index in [1.165, 1.54) is 7.11 Å². The van der Waals surface area contributed by atoms with E-state index in [4.69, 9.17) is 24.0 Å². The molecule has 0 N–H and O–H groups in total. The number of esters is 1. The summed E-state index contributed by atoms with van der Waals surface area (Å²) in [5, 5.41) is 0. The molecule has 2 aromatic rings. The Balaban J connectivity index is 2.00. The van der Waals surface area contributed by atoms with E-state index in [9.17, 15) is 4.79 Å². The van der Waals surface area contributed by atoms with Crippen LogP contribution in [-0.2, 0) is 34.6 Å². The van der Waals surface area contributed by atoms with E-state index < -0.39 is 17.7 Å². The quantitative estimate of drug-likeness (QED) is 0.607. The summed E-state index contributed by atoms with van der Waals surface area (Å²) in [6.45, 7) is 1.95. The second-order valence-electron chi connectivity index (χ2n) is 5.85. The minimum atomic E-state index is -1.78. The monoisotopic (exact) mass is 354 g/mol. The molecule has 2 heterocycles. The maximum absolute atomic E-state index is 12.8. The Bertz CT molecular complexity index is 847. The molecule has 2 unspecified atom stereocenters. The lowest BCUT2D eigenvalue weighted by atomic mass is 9.89. The average Bonchev–Trinajstić information content (AvgIpc) is 3.23. The normalized spacial score (nSPS) is 27.0. The number of ether oxygens (including phenoxy) is 3. The molecule has 2 bridgehead atoms. The fourth-order valence-electron chi connectivity index (χ4n) is 3.30. The summed E-state index contributed by atoms with van der Waals surface area (Å²) in [4.78, 5) is 23.8. The van der Waals surface area contributed by atoms with Gasteiger partial charge in [-0.1, -0.05) is 60.7 Å². The molecular weight excluding hydrogens is 336 g/mol. The highest BCUT2D eigenvalue weighted by molar-refractivity contribution is 6.02. The number of hydrogen-bond donors (Lipinski definition) is 0. The van der Waals surface area contributed by atoms with Crippen LogP contribution >= 0.6 is 0 Å². The number of methoxy groups -OCH3 is 1. The summed E-state index contributed by atoms with van der Waals surface area (Å²) in [5.41, 5.74) is 2.08. The van der Waals surface area contributed by atoms with Crippen LogP contribution in [0, 0.1) is 0 Å². The van der Waals surface area contributed by atoms with Crippen molar-refractivity contribution in [3.05, 3.63) is 77.4 Å². The number of carbonyl (C=O) groups excluding carboxylic acids is 1. The molecule has 134 valence electrons. The zero-order valence-electron chi connectivity index (χ0n) is 14.4. The third-order valence-corrected chi connectivity index (χ3v) is 4.40. The maximum Gasteiger partial charge on any atom is 0.350 e. The van der Waals surface area contributed by atoms with E-state index in [0.29, 0.717) is 11.1 Å². The Morgan fingerprint density at radius 2 is 1.65 bits per heavy atom. The molecule has 4 rings (SSSR count). The molecule has 0 aromatic heterocycles. The van der Waals surface area contributed by atoms with Crippen LogP contribution in [0.15, 0.2) is 66.2 Å². The Morgan fingerprint density at radius 3 is 2.27 bits per heavy atom. The van der Waals surface area contributed by atoms with Crippen LogP contribution in [0.4, 0.5) is 0 Å². The molecule has 2 aliphatic heterocycles. The Labute approximate surface area is 150 Å². The Morgan fingerprint density at radius 1 is 1.00 bits per heavy atom. The molecule has 0 spiro atoms. The van der Waals surface area contributed by atoms with Crippen LogP contribution in [0.25, 0.3) is 5.57 Å². The number of carbonyl (C=O) groups is 1. The van der Waals surface area contributed by atoms with E-state index >= 15 is 0 Å². The topological polar surface area (TPSA) is 63.2 Å². The zero-order chi connectivity index (χ0) is 18.2. The molecule has 2 atom stereocenters. The van der Waals surface area contributed by atoms with Crippen LogP contribution in [0.1, 0.15) is 18.1 Å². The van der Waals surface area contributed by atoms with E-state index in [1.807, 2.05) is 60.7 Å². The molecule has 1 saturated heterocycles. The van der Waals surface area contributed by atoms with Crippen LogP contribution in [-0.4, -0.2) is 25.7 Å². The van der Waals surface area contributed by atoms with Crippen molar-refractivity contribution < 1.29 is 28.8 Å². The molecule has 0 aliphatic carbocycles. The molecule has 2 aromatic carbocycles. The van der Waals surface area contributed by atoms with Gasteiger partial charge in [0.2, 0.25) is 0 Å². The zero-order valence-corrected chi connectivity index (χ0v) is 14.4. The van der Waals surface area contributed by atoms with Crippen molar-refractivity contribution in [1.29, 1.82) is 0 Å². The first-order chi connectivity index (χ1) is 12.7. The Hall–Kier alpha value is -2.51. The summed E-state index contributed by atoms with van der Waals surface area (Å²) in [5.74, 6) is -3.79. The van der Waals surface area contributed by atoms with Crippen molar-refractivity contribution in [3.8, 4) is 0 Å². The third-order valence-electron chi connectivity index (χ3n) is 4.40. The van der Waals surface area contributed by atoms with Crippen molar-refractivity contribution in [1.82, 2.24) is 0 Å². The molecule has 0 saturated carbocycles. The van der Waals surface area contributed by atoms with Gasteiger partial charge in [-0.05, 0) is 12.5 Å². The minimum Gasteiger partial charge on any atom is -0.462 e. The van der Waals surface area contributed by atoms with Gasteiger partial charge >= 0.3 is 11.9 Å². The molecule has 0 radical (unpaired) electrons. The first-order valence-corrected chi connectivity index (χ1v) is 8.32. The van der Waals surface area contributed by atoms with Crippen LogP contribution < -0.4 is 0 Å². The van der Waals surface area contributed by atoms with Crippen molar-refractivity contribution in [3.63, 3.8) is 0 Å². The van der Waals surface area contributed by atoms with E-state index in [-0.39, 0.29) is 12.2 Å². The van der Waals surface area contributed by atoms with Crippen LogP contribution in [0.3, 0.4) is 0 Å². The second kappa shape index (κ2) is 6.34. The van der Waals surface area contributed by atoms with Gasteiger partial charge in [-0.25, -0.2) is 4.79 Å². The molecule has 6 heteroatoms. The fraction of sp³-hybridized carbons (Fsp3) is 0.250. The summed E-state index contributed by atoms with van der Waals surface area (Å²) in [6, 6.07) is 18.6. The molecular formula is C20H18O6. The number of benzene rings is 2. The van der Waals surface area contributed by atoms with Crippen LogP contribution in [0.2, 0.25) is 0 Å². The van der Waals surface area contributed by atoms with Crippen molar-refractivity contribution in [2.75, 3.05) is 13.7 Å². The fourth-order valence-corrected chi connectivity index (χ4v) is 3.30. The average molecular weight is 354 g/mol. The predicted octanol–water partition coefficient (Wildman–Crippen LogP) is 3.15. The van der Waals surface area contributed by atoms with Gasteiger partial charge in [-0.15, -0.1) is 0 Å². The van der Waals surface area contributed by atoms with Gasteiger partial charge in [0.05, 0.1) is 6.61 Å². The van der Waals surface area contributed by atoms with E-state index in [0.717, 1.165) is 5.56 Å². The minimum absolute atomic E-state index is 0.142.